The van der Waals surface area contributed by atoms with Crippen molar-refractivity contribution >= 4 is 38.2 Å². The van der Waals surface area contributed by atoms with Crippen LogP contribution in [0.3, 0.4) is 0 Å². The lowest BCUT2D eigenvalue weighted by molar-refractivity contribution is 0.0953. The second-order valence-corrected chi connectivity index (χ2v) is 8.00. The number of thiophene rings is 1. The van der Waals surface area contributed by atoms with Crippen molar-refractivity contribution in [1.82, 2.24) is 25.1 Å². The predicted octanol–water partition coefficient (Wildman–Crippen LogP) is 4.46. The lowest BCUT2D eigenvalue weighted by Gasteiger charge is -2.08. The molecule has 29 heavy (non-hydrogen) atoms. The van der Waals surface area contributed by atoms with Crippen LogP contribution in [0.25, 0.3) is 31.4 Å². The molecule has 0 aliphatic carbocycles. The molecule has 0 unspecified atom stereocenters. The summed E-state index contributed by atoms with van der Waals surface area (Å²) in [5.41, 5.74) is 2.60. The van der Waals surface area contributed by atoms with E-state index in [0.717, 1.165) is 34.3 Å². The fourth-order valence-electron chi connectivity index (χ4n) is 3.48. The topological polar surface area (TPSA) is 75.6 Å². The molecule has 3 heterocycles. The van der Waals surface area contributed by atoms with Gasteiger partial charge < -0.3 is 9.88 Å². The zero-order chi connectivity index (χ0) is 19.6. The molecule has 0 saturated carbocycles. The molecule has 5 rings (SSSR count). The number of imidazole rings is 1. The summed E-state index contributed by atoms with van der Waals surface area (Å²) >= 11 is 1.72. The maximum absolute atomic E-state index is 12.8. The first-order valence-electron chi connectivity index (χ1n) is 9.48. The van der Waals surface area contributed by atoms with Crippen LogP contribution in [0, 0.1) is 0 Å². The molecule has 0 atom stereocenters. The molecule has 1 amide bonds. The molecule has 0 bridgehead atoms. The largest absolute Gasteiger partial charge is 0.352 e. The Morgan fingerprint density at radius 1 is 1.17 bits per heavy atom. The molecule has 3 aromatic heterocycles. The second-order valence-electron chi connectivity index (χ2n) is 6.92. The molecule has 0 spiro atoms. The summed E-state index contributed by atoms with van der Waals surface area (Å²) in [6.45, 7) is 1.44. The lowest BCUT2D eigenvalue weighted by atomic mass is 10.0. The Morgan fingerprint density at radius 2 is 2.10 bits per heavy atom. The van der Waals surface area contributed by atoms with Crippen molar-refractivity contribution in [2.75, 3.05) is 6.54 Å². The minimum absolute atomic E-state index is 0.0684. The van der Waals surface area contributed by atoms with E-state index in [1.807, 2.05) is 35.0 Å². The van der Waals surface area contributed by atoms with Crippen molar-refractivity contribution in [1.29, 1.82) is 0 Å². The van der Waals surface area contributed by atoms with Gasteiger partial charge in [0.05, 0.1) is 18.0 Å². The van der Waals surface area contributed by atoms with Gasteiger partial charge in [0, 0.05) is 51.6 Å². The quantitative estimate of drug-likeness (QED) is 0.413. The van der Waals surface area contributed by atoms with Gasteiger partial charge in [-0.2, -0.15) is 5.10 Å². The average molecular weight is 401 g/mol. The van der Waals surface area contributed by atoms with E-state index in [0.29, 0.717) is 12.1 Å². The van der Waals surface area contributed by atoms with Crippen molar-refractivity contribution in [2.24, 2.45) is 0 Å². The minimum Gasteiger partial charge on any atom is -0.352 e. The number of fused-ring (bicyclic) bond motifs is 2. The smallest absolute Gasteiger partial charge is 0.251 e. The van der Waals surface area contributed by atoms with E-state index >= 15 is 0 Å². The Kier molecular flexibility index (Phi) is 4.57. The molecule has 0 saturated heterocycles. The average Bonchev–Trinajstić information content (AvgIpc) is 3.50. The number of aromatic nitrogens is 4. The number of benzene rings is 2. The highest BCUT2D eigenvalue weighted by Crippen LogP contribution is 2.37. The maximum Gasteiger partial charge on any atom is 0.251 e. The monoisotopic (exact) mass is 401 g/mol. The van der Waals surface area contributed by atoms with E-state index < -0.39 is 0 Å². The number of nitrogens with one attached hydrogen (secondary N) is 2. The molecule has 144 valence electrons. The van der Waals surface area contributed by atoms with Gasteiger partial charge in [0.1, 0.15) is 0 Å². The number of aryl methyl sites for hydroxylation is 1. The van der Waals surface area contributed by atoms with Gasteiger partial charge in [0.15, 0.2) is 0 Å². The van der Waals surface area contributed by atoms with Gasteiger partial charge >= 0.3 is 0 Å². The van der Waals surface area contributed by atoms with E-state index in [9.17, 15) is 4.79 Å². The number of aromatic amines is 1. The first-order valence-corrected chi connectivity index (χ1v) is 10.3. The molecule has 0 radical (unpaired) electrons. The summed E-state index contributed by atoms with van der Waals surface area (Å²) < 4.78 is 3.23. The molecule has 5 aromatic rings. The number of amides is 1. The fraction of sp³-hybridized carbons (Fsp3) is 0.136. The van der Waals surface area contributed by atoms with Gasteiger partial charge in [0.25, 0.3) is 5.91 Å². The third kappa shape index (κ3) is 3.52. The first kappa shape index (κ1) is 17.6. The summed E-state index contributed by atoms with van der Waals surface area (Å²) in [6.07, 6.45) is 8.08. The van der Waals surface area contributed by atoms with Crippen LogP contribution >= 0.6 is 11.3 Å². The number of rotatable bonds is 6. The van der Waals surface area contributed by atoms with Gasteiger partial charge in [-0.1, -0.05) is 18.2 Å². The molecular formula is C22H19N5OS. The summed E-state index contributed by atoms with van der Waals surface area (Å²) in [7, 11) is 0. The van der Waals surface area contributed by atoms with Gasteiger partial charge in [-0.15, -0.1) is 11.3 Å². The zero-order valence-electron chi connectivity index (χ0n) is 15.6. The van der Waals surface area contributed by atoms with Crippen LogP contribution in [0.15, 0.2) is 67.4 Å². The van der Waals surface area contributed by atoms with Crippen LogP contribution in [0.1, 0.15) is 16.8 Å². The Hall–Kier alpha value is -3.45. The number of carbonyl (C=O) groups is 1. The second kappa shape index (κ2) is 7.52. The van der Waals surface area contributed by atoms with Crippen LogP contribution in [0.2, 0.25) is 0 Å². The number of carbonyl (C=O) groups excluding carboxylic acids is 1. The molecular weight excluding hydrogens is 382 g/mol. The van der Waals surface area contributed by atoms with E-state index in [-0.39, 0.29) is 5.91 Å². The number of hydrogen-bond acceptors (Lipinski definition) is 4. The highest BCUT2D eigenvalue weighted by Gasteiger charge is 2.14. The van der Waals surface area contributed by atoms with E-state index in [4.69, 9.17) is 0 Å². The van der Waals surface area contributed by atoms with Crippen molar-refractivity contribution < 1.29 is 4.79 Å². The highest BCUT2D eigenvalue weighted by molar-refractivity contribution is 7.22. The van der Waals surface area contributed by atoms with Crippen molar-refractivity contribution in [2.45, 2.75) is 13.0 Å². The molecule has 2 N–H and O–H groups in total. The summed E-state index contributed by atoms with van der Waals surface area (Å²) in [5, 5.41) is 12.4. The highest BCUT2D eigenvalue weighted by atomic mass is 32.1. The molecule has 0 aliphatic heterocycles. The van der Waals surface area contributed by atoms with Crippen LogP contribution in [0.5, 0.6) is 0 Å². The minimum atomic E-state index is -0.0684. The molecule has 7 heteroatoms. The molecule has 6 nitrogen and oxygen atoms in total. The standard InChI is InChI=1S/C22H19N5OS/c28-22(24-6-3-8-27-9-7-23-14-27)16-10-17-13-25-26-21(17)18(11-16)20-12-15-4-1-2-5-19(15)29-20/h1-2,4-5,7,9-14H,3,6,8H2,(H,24,28)(H,25,26). The van der Waals surface area contributed by atoms with Crippen LogP contribution in [-0.4, -0.2) is 32.2 Å². The normalized spacial score (nSPS) is 11.3. The van der Waals surface area contributed by atoms with Gasteiger partial charge in [-0.05, 0) is 36.1 Å². The van der Waals surface area contributed by atoms with E-state index in [2.05, 4.69) is 38.7 Å². The molecule has 0 aliphatic rings. The van der Waals surface area contributed by atoms with Crippen molar-refractivity contribution in [3.63, 3.8) is 0 Å². The number of nitrogens with zero attached hydrogens (tertiary/aromatic N) is 3. The van der Waals surface area contributed by atoms with Crippen LogP contribution in [0.4, 0.5) is 0 Å². The third-order valence-corrected chi connectivity index (χ3v) is 6.09. The van der Waals surface area contributed by atoms with E-state index in [1.165, 1.54) is 10.1 Å². The van der Waals surface area contributed by atoms with E-state index in [1.54, 1.807) is 30.1 Å². The SMILES string of the molecule is O=C(NCCCn1ccnc1)c1cc(-c2cc3ccccc3s2)c2[nH]ncc2c1. The maximum atomic E-state index is 12.8. The third-order valence-electron chi connectivity index (χ3n) is 4.94. The van der Waals surface area contributed by atoms with Gasteiger partial charge in [0.2, 0.25) is 0 Å². The van der Waals surface area contributed by atoms with Crippen molar-refractivity contribution in [3.8, 4) is 10.4 Å². The zero-order valence-corrected chi connectivity index (χ0v) is 16.4. The molecule has 2 aromatic carbocycles. The Bertz CT molecular complexity index is 1250. The lowest BCUT2D eigenvalue weighted by Crippen LogP contribution is -2.25. The number of hydrogen-bond donors (Lipinski definition) is 2. The summed E-state index contributed by atoms with van der Waals surface area (Å²) in [6, 6.07) is 14.3. The Labute approximate surface area is 171 Å². The number of H-pyrrole nitrogens is 1. The van der Waals surface area contributed by atoms with Gasteiger partial charge in [-0.3, -0.25) is 9.89 Å². The summed E-state index contributed by atoms with van der Waals surface area (Å²) in [4.78, 5) is 17.9. The van der Waals surface area contributed by atoms with Crippen LogP contribution in [-0.2, 0) is 6.54 Å². The Balaban J connectivity index is 1.40. The van der Waals surface area contributed by atoms with Crippen LogP contribution < -0.4 is 5.32 Å². The fourth-order valence-corrected chi connectivity index (χ4v) is 4.57. The predicted molar refractivity (Wildman–Crippen MR) is 116 cm³/mol. The molecule has 0 fully saturated rings. The Morgan fingerprint density at radius 3 is 2.97 bits per heavy atom. The summed E-state index contributed by atoms with van der Waals surface area (Å²) in [5.74, 6) is -0.0684. The van der Waals surface area contributed by atoms with Gasteiger partial charge in [-0.25, -0.2) is 4.98 Å². The first-order chi connectivity index (χ1) is 14.3. The van der Waals surface area contributed by atoms with Crippen molar-refractivity contribution in [3.05, 3.63) is 72.9 Å².